The van der Waals surface area contributed by atoms with Gasteiger partial charge in [0.15, 0.2) is 5.65 Å². The average Bonchev–Trinajstić information content (AvgIpc) is 3.36. The van der Waals surface area contributed by atoms with E-state index in [1.165, 1.54) is 6.20 Å². The lowest BCUT2D eigenvalue weighted by molar-refractivity contribution is -0.127. The largest absolute Gasteiger partial charge is 0.405 e. The molecule has 0 aliphatic carbocycles. The molecule has 2 aromatic rings. The number of hydrogen-bond acceptors (Lipinski definition) is 7. The summed E-state index contributed by atoms with van der Waals surface area (Å²) in [6, 6.07) is 2.10. The standard InChI is InChI=1S/C21H30N8O/c1-14-12-29-19(25-20(14)27-10-7-15(23)13-27)11-17(26-29)18-5-3-4-9-28(18)21(30)16(24-2)6-8-22/h6,8,11-12,15,18H,3-5,7,9-10,13,22-23H2,1-2H3/t15-,18-/m0/s1. The lowest BCUT2D eigenvalue weighted by Crippen LogP contribution is -2.42. The van der Waals surface area contributed by atoms with Gasteiger partial charge in [-0.15, -0.1) is 0 Å². The van der Waals surface area contributed by atoms with Gasteiger partial charge in [0.1, 0.15) is 11.5 Å². The van der Waals surface area contributed by atoms with Crippen molar-refractivity contribution in [2.24, 2.45) is 16.5 Å². The smallest absolute Gasteiger partial charge is 0.272 e. The van der Waals surface area contributed by atoms with Gasteiger partial charge in [-0.3, -0.25) is 9.79 Å². The molecule has 4 heterocycles. The van der Waals surface area contributed by atoms with Crippen LogP contribution in [0.4, 0.5) is 5.82 Å². The molecule has 0 radical (unpaired) electrons. The number of aryl methyl sites for hydroxylation is 1. The summed E-state index contributed by atoms with van der Waals surface area (Å²) in [7, 11) is 1.61. The summed E-state index contributed by atoms with van der Waals surface area (Å²) in [5, 5.41) is 4.78. The topological polar surface area (TPSA) is 118 Å². The Morgan fingerprint density at radius 1 is 1.30 bits per heavy atom. The number of nitrogens with zero attached hydrogens (tertiary/aromatic N) is 6. The minimum atomic E-state index is -0.114. The van der Waals surface area contributed by atoms with Gasteiger partial charge in [-0.05, 0) is 44.9 Å². The predicted octanol–water partition coefficient (Wildman–Crippen LogP) is 1.17. The van der Waals surface area contributed by atoms with E-state index in [1.807, 2.05) is 28.6 Å². The summed E-state index contributed by atoms with van der Waals surface area (Å²) in [5.41, 5.74) is 14.6. The molecule has 0 aromatic carbocycles. The molecule has 30 heavy (non-hydrogen) atoms. The summed E-state index contributed by atoms with van der Waals surface area (Å²) >= 11 is 0. The maximum atomic E-state index is 13.1. The molecular weight excluding hydrogens is 380 g/mol. The summed E-state index contributed by atoms with van der Waals surface area (Å²) in [6.07, 6.45) is 8.78. The monoisotopic (exact) mass is 410 g/mol. The van der Waals surface area contributed by atoms with Crippen LogP contribution in [0.15, 0.2) is 29.5 Å². The van der Waals surface area contributed by atoms with Crippen molar-refractivity contribution in [3.63, 3.8) is 0 Å². The first-order chi connectivity index (χ1) is 14.5. The van der Waals surface area contributed by atoms with Crippen LogP contribution in [-0.4, -0.2) is 63.8 Å². The van der Waals surface area contributed by atoms with E-state index in [0.29, 0.717) is 12.3 Å². The van der Waals surface area contributed by atoms with Crippen molar-refractivity contribution in [2.75, 3.05) is 31.6 Å². The lowest BCUT2D eigenvalue weighted by Gasteiger charge is -2.34. The molecule has 2 atom stereocenters. The highest BCUT2D eigenvalue weighted by molar-refractivity contribution is 6.43. The second kappa shape index (κ2) is 8.43. The zero-order valence-corrected chi connectivity index (χ0v) is 17.7. The molecule has 9 heteroatoms. The molecule has 2 fully saturated rings. The number of fused-ring (bicyclic) bond motifs is 1. The Kier molecular flexibility index (Phi) is 5.72. The normalized spacial score (nSPS) is 23.1. The van der Waals surface area contributed by atoms with Crippen molar-refractivity contribution >= 4 is 23.1 Å². The zero-order valence-electron chi connectivity index (χ0n) is 17.7. The summed E-state index contributed by atoms with van der Waals surface area (Å²) in [6.45, 7) is 4.47. The van der Waals surface area contributed by atoms with Crippen LogP contribution in [0.25, 0.3) is 5.65 Å². The first-order valence-electron chi connectivity index (χ1n) is 10.5. The molecule has 2 aliphatic rings. The maximum absolute atomic E-state index is 13.1. The molecule has 4 N–H and O–H groups in total. The number of hydrogen-bond donors (Lipinski definition) is 2. The highest BCUT2D eigenvalue weighted by atomic mass is 16.2. The van der Waals surface area contributed by atoms with Gasteiger partial charge in [0.25, 0.3) is 5.91 Å². The van der Waals surface area contributed by atoms with Crippen molar-refractivity contribution in [3.8, 4) is 0 Å². The van der Waals surface area contributed by atoms with Gasteiger partial charge in [0.05, 0.1) is 11.7 Å². The maximum Gasteiger partial charge on any atom is 0.272 e. The number of amides is 1. The molecule has 4 rings (SSSR count). The SMILES string of the molecule is CN=C(C=CN)C(=O)N1CCCC[C@H]1c1cc2nc(N3CC[C@H](N)C3)c(C)cn2n1. The minimum Gasteiger partial charge on any atom is -0.405 e. The van der Waals surface area contributed by atoms with Crippen LogP contribution in [0.2, 0.25) is 0 Å². The van der Waals surface area contributed by atoms with E-state index in [4.69, 9.17) is 21.5 Å². The third-order valence-electron chi connectivity index (χ3n) is 5.97. The molecule has 2 aromatic heterocycles. The van der Waals surface area contributed by atoms with Crippen molar-refractivity contribution in [1.29, 1.82) is 0 Å². The van der Waals surface area contributed by atoms with E-state index < -0.39 is 0 Å². The average molecular weight is 411 g/mol. The van der Waals surface area contributed by atoms with Crippen LogP contribution in [-0.2, 0) is 4.79 Å². The summed E-state index contributed by atoms with van der Waals surface area (Å²) in [5.74, 6) is 0.851. The fraction of sp³-hybridized carbons (Fsp3) is 0.524. The number of rotatable bonds is 4. The Balaban J connectivity index is 1.66. The van der Waals surface area contributed by atoms with E-state index in [9.17, 15) is 4.79 Å². The van der Waals surface area contributed by atoms with Gasteiger partial charge in [-0.2, -0.15) is 5.10 Å². The highest BCUT2D eigenvalue weighted by Crippen LogP contribution is 2.32. The van der Waals surface area contributed by atoms with Gasteiger partial charge < -0.3 is 21.3 Å². The summed E-state index contributed by atoms with van der Waals surface area (Å²) in [4.78, 5) is 26.1. The molecular formula is C21H30N8O. The number of aliphatic imine (C=N–C) groups is 1. The number of carbonyl (C=O) groups excluding carboxylic acids is 1. The lowest BCUT2D eigenvalue weighted by atomic mass is 9.98. The van der Waals surface area contributed by atoms with Crippen LogP contribution in [0, 0.1) is 6.92 Å². The Morgan fingerprint density at radius 3 is 2.83 bits per heavy atom. The first kappa shape index (κ1) is 20.3. The highest BCUT2D eigenvalue weighted by Gasteiger charge is 2.32. The molecule has 2 saturated heterocycles. The predicted molar refractivity (Wildman–Crippen MR) is 118 cm³/mol. The van der Waals surface area contributed by atoms with E-state index >= 15 is 0 Å². The van der Waals surface area contributed by atoms with Gasteiger partial charge >= 0.3 is 0 Å². The second-order valence-corrected chi connectivity index (χ2v) is 8.09. The van der Waals surface area contributed by atoms with Crippen LogP contribution < -0.4 is 16.4 Å². The minimum absolute atomic E-state index is 0.0974. The Morgan fingerprint density at radius 2 is 2.13 bits per heavy atom. The van der Waals surface area contributed by atoms with Gasteiger partial charge in [0.2, 0.25) is 0 Å². The van der Waals surface area contributed by atoms with Crippen LogP contribution >= 0.6 is 0 Å². The van der Waals surface area contributed by atoms with Crippen molar-refractivity contribution in [2.45, 2.75) is 44.7 Å². The molecule has 0 spiro atoms. The van der Waals surface area contributed by atoms with E-state index in [1.54, 1.807) is 13.1 Å². The number of carbonyl (C=O) groups is 1. The van der Waals surface area contributed by atoms with Crippen LogP contribution in [0.5, 0.6) is 0 Å². The Hall–Kier alpha value is -2.94. The zero-order chi connectivity index (χ0) is 21.3. The molecule has 0 unspecified atom stereocenters. The van der Waals surface area contributed by atoms with E-state index in [-0.39, 0.29) is 18.0 Å². The molecule has 1 amide bonds. The van der Waals surface area contributed by atoms with Crippen molar-refractivity contribution < 1.29 is 4.79 Å². The van der Waals surface area contributed by atoms with E-state index in [2.05, 4.69) is 9.89 Å². The van der Waals surface area contributed by atoms with Gasteiger partial charge in [-0.25, -0.2) is 9.50 Å². The molecule has 2 aliphatic heterocycles. The Bertz CT molecular complexity index is 994. The first-order valence-corrected chi connectivity index (χ1v) is 10.5. The number of likely N-dealkylation sites (tertiary alicyclic amines) is 1. The van der Waals surface area contributed by atoms with Gasteiger partial charge in [-0.1, -0.05) is 0 Å². The van der Waals surface area contributed by atoms with Crippen LogP contribution in [0.1, 0.15) is 43.0 Å². The van der Waals surface area contributed by atoms with Gasteiger partial charge in [0, 0.05) is 50.6 Å². The second-order valence-electron chi connectivity index (χ2n) is 8.09. The quantitative estimate of drug-likeness (QED) is 0.731. The number of aromatic nitrogens is 3. The fourth-order valence-electron chi connectivity index (χ4n) is 4.44. The number of anilines is 1. The van der Waals surface area contributed by atoms with Crippen molar-refractivity contribution in [3.05, 3.63) is 35.8 Å². The number of piperidine rings is 1. The molecule has 0 bridgehead atoms. The number of nitrogens with two attached hydrogens (primary N) is 2. The van der Waals surface area contributed by atoms with Crippen molar-refractivity contribution in [1.82, 2.24) is 19.5 Å². The summed E-state index contributed by atoms with van der Waals surface area (Å²) < 4.78 is 1.82. The Labute approximate surface area is 176 Å². The van der Waals surface area contributed by atoms with Crippen LogP contribution in [0.3, 0.4) is 0 Å². The third kappa shape index (κ3) is 3.77. The molecule has 9 nitrogen and oxygen atoms in total. The third-order valence-corrected chi connectivity index (χ3v) is 5.97. The van der Waals surface area contributed by atoms with E-state index in [0.717, 1.165) is 61.5 Å². The molecule has 0 saturated carbocycles. The molecule has 160 valence electrons. The fourth-order valence-corrected chi connectivity index (χ4v) is 4.44.